The van der Waals surface area contributed by atoms with Gasteiger partial charge in [0.15, 0.2) is 5.96 Å². The van der Waals surface area contributed by atoms with Crippen molar-refractivity contribution in [3.63, 3.8) is 0 Å². The number of pyridine rings is 1. The Balaban J connectivity index is 0.00000729. The second kappa shape index (κ2) is 15.8. The number of hydrogen-bond acceptors (Lipinski definition) is 5. The molecule has 0 aliphatic heterocycles. The number of aliphatic imine (C=N–C) groups is 1. The monoisotopic (exact) mass is 507 g/mol. The van der Waals surface area contributed by atoms with Gasteiger partial charge in [0, 0.05) is 51.1 Å². The first-order valence-corrected chi connectivity index (χ1v) is 9.82. The SMILES string of the molecule is CCNC(=NCc1ccc(OCCOC)nc1)NCCN(C(C)C)C(C)C.I. The van der Waals surface area contributed by atoms with Crippen molar-refractivity contribution in [3.05, 3.63) is 23.9 Å². The van der Waals surface area contributed by atoms with Crippen molar-refractivity contribution in [1.82, 2.24) is 20.5 Å². The number of guanidine groups is 1. The lowest BCUT2D eigenvalue weighted by molar-refractivity contribution is 0.143. The maximum absolute atomic E-state index is 5.48. The van der Waals surface area contributed by atoms with Gasteiger partial charge in [0.05, 0.1) is 13.2 Å². The molecule has 1 aromatic rings. The fourth-order valence-electron chi connectivity index (χ4n) is 2.75. The minimum absolute atomic E-state index is 0. The molecule has 0 bridgehead atoms. The molecule has 8 heteroatoms. The Morgan fingerprint density at radius 1 is 1.14 bits per heavy atom. The lowest BCUT2D eigenvalue weighted by atomic mass is 10.2. The van der Waals surface area contributed by atoms with E-state index in [1.165, 1.54) is 0 Å². The number of hydrogen-bond donors (Lipinski definition) is 2. The highest BCUT2D eigenvalue weighted by atomic mass is 127. The van der Waals surface area contributed by atoms with Gasteiger partial charge in [-0.25, -0.2) is 9.98 Å². The average Bonchev–Trinajstić information content (AvgIpc) is 2.63. The molecule has 0 aliphatic rings. The third kappa shape index (κ3) is 11.0. The Morgan fingerprint density at radius 2 is 1.86 bits per heavy atom. The average molecular weight is 507 g/mol. The van der Waals surface area contributed by atoms with Crippen molar-refractivity contribution < 1.29 is 9.47 Å². The Kier molecular flexibility index (Phi) is 15.1. The van der Waals surface area contributed by atoms with Gasteiger partial charge in [0.2, 0.25) is 5.88 Å². The molecule has 0 aromatic carbocycles. The van der Waals surface area contributed by atoms with Gasteiger partial charge in [0.1, 0.15) is 6.61 Å². The van der Waals surface area contributed by atoms with Crippen LogP contribution in [0.2, 0.25) is 0 Å². The van der Waals surface area contributed by atoms with Crippen LogP contribution in [0.1, 0.15) is 40.2 Å². The van der Waals surface area contributed by atoms with E-state index in [1.54, 1.807) is 13.3 Å². The molecule has 0 unspecified atom stereocenters. The van der Waals surface area contributed by atoms with E-state index < -0.39 is 0 Å². The summed E-state index contributed by atoms with van der Waals surface area (Å²) in [4.78, 5) is 11.4. The van der Waals surface area contributed by atoms with E-state index in [-0.39, 0.29) is 24.0 Å². The van der Waals surface area contributed by atoms with Gasteiger partial charge >= 0.3 is 0 Å². The highest BCUT2D eigenvalue weighted by Crippen LogP contribution is 2.08. The zero-order valence-corrected chi connectivity index (χ0v) is 20.5. The number of halogens is 1. The van der Waals surface area contributed by atoms with Crippen LogP contribution in [0.5, 0.6) is 5.88 Å². The molecule has 1 heterocycles. The molecular weight excluding hydrogens is 469 g/mol. The van der Waals surface area contributed by atoms with E-state index >= 15 is 0 Å². The molecule has 0 amide bonds. The summed E-state index contributed by atoms with van der Waals surface area (Å²) in [5.74, 6) is 1.43. The number of methoxy groups -OCH3 is 1. The topological polar surface area (TPSA) is 71.0 Å². The van der Waals surface area contributed by atoms with E-state index in [0.29, 0.717) is 37.7 Å². The summed E-state index contributed by atoms with van der Waals surface area (Å²) in [5.41, 5.74) is 1.04. The first kappa shape index (κ1) is 26.9. The molecule has 1 rings (SSSR count). The van der Waals surface area contributed by atoms with E-state index in [4.69, 9.17) is 9.47 Å². The molecule has 0 radical (unpaired) electrons. The maximum Gasteiger partial charge on any atom is 0.213 e. The van der Waals surface area contributed by atoms with Crippen LogP contribution < -0.4 is 15.4 Å². The molecule has 0 fully saturated rings. The van der Waals surface area contributed by atoms with Crippen LogP contribution >= 0.6 is 24.0 Å². The summed E-state index contributed by atoms with van der Waals surface area (Å²) in [6.07, 6.45) is 1.80. The molecule has 1 aromatic heterocycles. The fourth-order valence-corrected chi connectivity index (χ4v) is 2.75. The predicted octanol–water partition coefficient (Wildman–Crippen LogP) is 2.90. The first-order valence-electron chi connectivity index (χ1n) is 9.82. The van der Waals surface area contributed by atoms with E-state index in [0.717, 1.165) is 31.2 Å². The van der Waals surface area contributed by atoms with Crippen LogP contribution in [0.4, 0.5) is 0 Å². The van der Waals surface area contributed by atoms with Crippen LogP contribution in [0.15, 0.2) is 23.3 Å². The van der Waals surface area contributed by atoms with E-state index in [9.17, 15) is 0 Å². The molecule has 0 atom stereocenters. The first-order chi connectivity index (χ1) is 13.0. The third-order valence-electron chi connectivity index (χ3n) is 4.09. The number of nitrogens with one attached hydrogen (secondary N) is 2. The smallest absolute Gasteiger partial charge is 0.213 e. The van der Waals surface area contributed by atoms with Gasteiger partial charge in [0.25, 0.3) is 0 Å². The number of aromatic nitrogens is 1. The lowest BCUT2D eigenvalue weighted by Gasteiger charge is -2.30. The van der Waals surface area contributed by atoms with Crippen molar-refractivity contribution in [2.45, 2.75) is 53.2 Å². The maximum atomic E-state index is 5.48. The van der Waals surface area contributed by atoms with Crippen LogP contribution in [0.25, 0.3) is 0 Å². The number of rotatable bonds is 12. The van der Waals surface area contributed by atoms with Gasteiger partial charge in [-0.3, -0.25) is 4.90 Å². The molecule has 0 saturated heterocycles. The third-order valence-corrected chi connectivity index (χ3v) is 4.09. The normalized spacial score (nSPS) is 11.7. The second-order valence-electron chi connectivity index (χ2n) is 6.89. The second-order valence-corrected chi connectivity index (χ2v) is 6.89. The highest BCUT2D eigenvalue weighted by Gasteiger charge is 2.12. The lowest BCUT2D eigenvalue weighted by Crippen LogP contribution is -2.45. The standard InChI is InChI=1S/C20H37N5O2.HI/c1-7-21-20(22-10-11-25(16(2)3)17(4)5)24-15-18-8-9-19(23-14-18)27-13-12-26-6;/h8-9,14,16-17H,7,10-13,15H2,1-6H3,(H2,21,22,24);1H. The summed E-state index contributed by atoms with van der Waals surface area (Å²) in [6.45, 7) is 15.3. The molecule has 162 valence electrons. The van der Waals surface area contributed by atoms with Crippen LogP contribution in [-0.2, 0) is 11.3 Å². The Bertz CT molecular complexity index is 530. The van der Waals surface area contributed by atoms with Crippen molar-refractivity contribution in [3.8, 4) is 5.88 Å². The Hall–Kier alpha value is -1.13. The summed E-state index contributed by atoms with van der Waals surface area (Å²) in [5, 5.41) is 6.71. The molecule has 28 heavy (non-hydrogen) atoms. The van der Waals surface area contributed by atoms with Gasteiger partial charge in [-0.15, -0.1) is 24.0 Å². The number of ether oxygens (including phenoxy) is 2. The zero-order chi connectivity index (χ0) is 20.1. The van der Waals surface area contributed by atoms with Crippen LogP contribution in [-0.4, -0.2) is 67.9 Å². The predicted molar refractivity (Wildman–Crippen MR) is 127 cm³/mol. The minimum atomic E-state index is 0. The summed E-state index contributed by atoms with van der Waals surface area (Å²) < 4.78 is 10.4. The van der Waals surface area contributed by atoms with Gasteiger partial charge in [-0.2, -0.15) is 0 Å². The Labute approximate surface area is 187 Å². The molecular formula is C20H38IN5O2. The summed E-state index contributed by atoms with van der Waals surface area (Å²) >= 11 is 0. The summed E-state index contributed by atoms with van der Waals surface area (Å²) in [7, 11) is 1.65. The highest BCUT2D eigenvalue weighted by molar-refractivity contribution is 14.0. The molecule has 7 nitrogen and oxygen atoms in total. The van der Waals surface area contributed by atoms with Crippen molar-refractivity contribution in [1.29, 1.82) is 0 Å². The van der Waals surface area contributed by atoms with Crippen molar-refractivity contribution in [2.75, 3.05) is 40.0 Å². The van der Waals surface area contributed by atoms with Crippen molar-refractivity contribution in [2.24, 2.45) is 4.99 Å². The molecule has 2 N–H and O–H groups in total. The van der Waals surface area contributed by atoms with Gasteiger partial charge < -0.3 is 20.1 Å². The minimum Gasteiger partial charge on any atom is -0.475 e. The Morgan fingerprint density at radius 3 is 2.39 bits per heavy atom. The van der Waals surface area contributed by atoms with Gasteiger partial charge in [-0.05, 0) is 40.2 Å². The van der Waals surface area contributed by atoms with Gasteiger partial charge in [-0.1, -0.05) is 6.07 Å². The zero-order valence-electron chi connectivity index (χ0n) is 18.2. The molecule has 0 spiro atoms. The van der Waals surface area contributed by atoms with Crippen molar-refractivity contribution >= 4 is 29.9 Å². The van der Waals surface area contributed by atoms with E-state index in [2.05, 4.69) is 60.1 Å². The molecule has 0 saturated carbocycles. The summed E-state index contributed by atoms with van der Waals surface area (Å²) in [6, 6.07) is 4.91. The fraction of sp³-hybridized carbons (Fsp3) is 0.700. The van der Waals surface area contributed by atoms with Crippen LogP contribution in [0, 0.1) is 0 Å². The largest absolute Gasteiger partial charge is 0.475 e. The molecule has 0 aliphatic carbocycles. The quantitative estimate of drug-likeness (QED) is 0.196. The van der Waals surface area contributed by atoms with Crippen LogP contribution in [0.3, 0.4) is 0 Å². The number of nitrogens with zero attached hydrogens (tertiary/aromatic N) is 3. The van der Waals surface area contributed by atoms with E-state index in [1.807, 2.05) is 12.1 Å².